The van der Waals surface area contributed by atoms with Crippen LogP contribution in [-0.2, 0) is 0 Å². The van der Waals surface area contributed by atoms with E-state index in [1.165, 1.54) is 18.5 Å². The highest BCUT2D eigenvalue weighted by atomic mass is 15.1. The molecule has 0 bridgehead atoms. The smallest absolute Gasteiger partial charge is 0.0363 e. The molecule has 1 aliphatic carbocycles. The van der Waals surface area contributed by atoms with Crippen LogP contribution < -0.4 is 10.6 Å². The summed E-state index contributed by atoms with van der Waals surface area (Å²) in [5.41, 5.74) is 7.95. The molecule has 2 nitrogen and oxygen atoms in total. The highest BCUT2D eigenvalue weighted by Gasteiger charge is 2.39. The molecule has 0 saturated heterocycles. The summed E-state index contributed by atoms with van der Waals surface area (Å²) >= 11 is 0. The molecule has 17 heavy (non-hydrogen) atoms. The molecular formula is C15H24N2. The topological polar surface area (TPSA) is 29.3 Å². The van der Waals surface area contributed by atoms with Gasteiger partial charge < -0.3 is 10.6 Å². The summed E-state index contributed by atoms with van der Waals surface area (Å²) in [5, 5.41) is 0. The van der Waals surface area contributed by atoms with Crippen LogP contribution in [0.3, 0.4) is 0 Å². The normalized spacial score (nSPS) is 27.1. The molecule has 0 aliphatic heterocycles. The third kappa shape index (κ3) is 2.63. The number of benzene rings is 1. The molecule has 2 N–H and O–H groups in total. The molecule has 2 rings (SSSR count). The Balaban J connectivity index is 1.99. The molecule has 0 spiro atoms. The van der Waals surface area contributed by atoms with Crippen molar-refractivity contribution < 1.29 is 0 Å². The van der Waals surface area contributed by atoms with Gasteiger partial charge in [0.1, 0.15) is 0 Å². The Morgan fingerprint density at radius 1 is 1.29 bits per heavy atom. The van der Waals surface area contributed by atoms with Crippen molar-refractivity contribution in [2.75, 3.05) is 18.5 Å². The van der Waals surface area contributed by atoms with Gasteiger partial charge in [-0.2, -0.15) is 0 Å². The number of hydrogen-bond acceptors (Lipinski definition) is 2. The van der Waals surface area contributed by atoms with Gasteiger partial charge >= 0.3 is 0 Å². The molecular weight excluding hydrogens is 208 g/mol. The summed E-state index contributed by atoms with van der Waals surface area (Å²) in [4.78, 5) is 2.33. The zero-order valence-corrected chi connectivity index (χ0v) is 11.2. The van der Waals surface area contributed by atoms with E-state index < -0.39 is 0 Å². The van der Waals surface area contributed by atoms with Crippen molar-refractivity contribution in [1.82, 2.24) is 0 Å². The molecule has 94 valence electrons. The molecule has 0 radical (unpaired) electrons. The molecule has 1 aromatic rings. The Bertz CT molecular complexity index is 358. The minimum absolute atomic E-state index is 0.308. The number of anilines is 1. The van der Waals surface area contributed by atoms with Crippen LogP contribution in [-0.4, -0.2) is 19.6 Å². The fraction of sp³-hybridized carbons (Fsp3) is 0.600. The Labute approximate surface area is 105 Å². The summed E-state index contributed by atoms with van der Waals surface area (Å²) in [6.07, 6.45) is 2.51. The van der Waals surface area contributed by atoms with Gasteiger partial charge in [0, 0.05) is 25.3 Å². The first-order valence-electron chi connectivity index (χ1n) is 6.52. The van der Waals surface area contributed by atoms with Gasteiger partial charge in [-0.1, -0.05) is 32.0 Å². The van der Waals surface area contributed by atoms with Crippen LogP contribution in [0, 0.1) is 11.3 Å². The largest absolute Gasteiger partial charge is 0.374 e. The second-order valence-electron chi connectivity index (χ2n) is 6.03. The third-order valence-electron chi connectivity index (χ3n) is 4.28. The van der Waals surface area contributed by atoms with Gasteiger partial charge in [-0.05, 0) is 36.3 Å². The van der Waals surface area contributed by atoms with Gasteiger partial charge in [-0.3, -0.25) is 0 Å². The molecule has 0 aromatic heterocycles. The van der Waals surface area contributed by atoms with E-state index in [1.54, 1.807) is 0 Å². The number of hydrogen-bond donors (Lipinski definition) is 1. The van der Waals surface area contributed by atoms with Crippen LogP contribution in [0.4, 0.5) is 5.69 Å². The summed E-state index contributed by atoms with van der Waals surface area (Å²) in [7, 11) is 2.16. The second kappa shape index (κ2) is 4.69. The zero-order valence-electron chi connectivity index (χ0n) is 11.2. The van der Waals surface area contributed by atoms with Gasteiger partial charge in [0.25, 0.3) is 0 Å². The first-order chi connectivity index (χ1) is 8.00. The predicted octanol–water partition coefficient (Wildman–Crippen LogP) is 2.89. The van der Waals surface area contributed by atoms with Crippen molar-refractivity contribution in [2.45, 2.75) is 32.7 Å². The Kier molecular flexibility index (Phi) is 3.43. The third-order valence-corrected chi connectivity index (χ3v) is 4.28. The number of rotatable bonds is 3. The quantitative estimate of drug-likeness (QED) is 0.868. The minimum Gasteiger partial charge on any atom is -0.374 e. The summed E-state index contributed by atoms with van der Waals surface area (Å²) < 4.78 is 0. The fourth-order valence-corrected chi connectivity index (χ4v) is 2.89. The molecule has 1 fully saturated rings. The van der Waals surface area contributed by atoms with Gasteiger partial charge in [-0.15, -0.1) is 0 Å². The van der Waals surface area contributed by atoms with Crippen molar-refractivity contribution in [1.29, 1.82) is 0 Å². The first kappa shape index (κ1) is 12.4. The van der Waals surface area contributed by atoms with E-state index in [0.717, 1.165) is 6.54 Å². The van der Waals surface area contributed by atoms with E-state index in [9.17, 15) is 0 Å². The van der Waals surface area contributed by atoms with Crippen LogP contribution in [0.5, 0.6) is 0 Å². The first-order valence-corrected chi connectivity index (χ1v) is 6.52. The van der Waals surface area contributed by atoms with Crippen molar-refractivity contribution >= 4 is 5.69 Å². The van der Waals surface area contributed by atoms with Crippen molar-refractivity contribution in [3.63, 3.8) is 0 Å². The zero-order chi connectivity index (χ0) is 12.5. The monoisotopic (exact) mass is 232 g/mol. The van der Waals surface area contributed by atoms with Crippen LogP contribution in [0.2, 0.25) is 0 Å². The van der Waals surface area contributed by atoms with Crippen LogP contribution in [0.25, 0.3) is 0 Å². The molecule has 1 saturated carbocycles. The molecule has 1 aromatic carbocycles. The van der Waals surface area contributed by atoms with Crippen LogP contribution >= 0.6 is 0 Å². The number of para-hydroxylation sites is 1. The minimum atomic E-state index is 0.308. The molecule has 0 amide bonds. The summed E-state index contributed by atoms with van der Waals surface area (Å²) in [5.74, 6) is 0.621. The van der Waals surface area contributed by atoms with Gasteiger partial charge in [-0.25, -0.2) is 0 Å². The predicted molar refractivity (Wildman–Crippen MR) is 74.2 cm³/mol. The van der Waals surface area contributed by atoms with Crippen molar-refractivity contribution in [3.05, 3.63) is 30.3 Å². The molecule has 1 aliphatic rings. The Morgan fingerprint density at radius 3 is 2.47 bits per heavy atom. The maximum Gasteiger partial charge on any atom is 0.0363 e. The second-order valence-corrected chi connectivity index (χ2v) is 6.03. The molecule has 2 unspecified atom stereocenters. The van der Waals surface area contributed by atoms with E-state index in [0.29, 0.717) is 17.4 Å². The van der Waals surface area contributed by atoms with Gasteiger partial charge in [0.15, 0.2) is 0 Å². The molecule has 0 heterocycles. The number of nitrogens with zero attached hydrogens (tertiary/aromatic N) is 1. The van der Waals surface area contributed by atoms with Crippen molar-refractivity contribution in [3.8, 4) is 0 Å². The lowest BCUT2D eigenvalue weighted by Crippen LogP contribution is -2.41. The maximum atomic E-state index is 6.36. The summed E-state index contributed by atoms with van der Waals surface area (Å²) in [6, 6.07) is 10.9. The Morgan fingerprint density at radius 2 is 1.94 bits per heavy atom. The lowest BCUT2D eigenvalue weighted by molar-refractivity contribution is 0.301. The van der Waals surface area contributed by atoms with E-state index in [2.05, 4.69) is 56.1 Å². The van der Waals surface area contributed by atoms with Crippen molar-refractivity contribution in [2.24, 2.45) is 17.1 Å². The van der Waals surface area contributed by atoms with E-state index in [4.69, 9.17) is 5.73 Å². The van der Waals surface area contributed by atoms with Crippen LogP contribution in [0.1, 0.15) is 26.7 Å². The SMILES string of the molecule is CN(CC1CCC(C)(C)C1N)c1ccccc1. The Hall–Kier alpha value is -1.02. The van der Waals surface area contributed by atoms with Gasteiger partial charge in [0.2, 0.25) is 0 Å². The number of nitrogens with two attached hydrogens (primary N) is 1. The lowest BCUT2D eigenvalue weighted by Gasteiger charge is -2.30. The highest BCUT2D eigenvalue weighted by Crippen LogP contribution is 2.40. The fourth-order valence-electron chi connectivity index (χ4n) is 2.89. The van der Waals surface area contributed by atoms with Crippen LogP contribution in [0.15, 0.2) is 30.3 Å². The standard InChI is InChI=1S/C15H24N2/c1-15(2)10-9-12(14(15)16)11-17(3)13-7-5-4-6-8-13/h4-8,12,14H,9-11,16H2,1-3H3. The lowest BCUT2D eigenvalue weighted by atomic mass is 9.85. The molecule has 2 atom stereocenters. The van der Waals surface area contributed by atoms with E-state index in [-0.39, 0.29) is 0 Å². The average Bonchev–Trinajstić information content (AvgIpc) is 2.57. The van der Waals surface area contributed by atoms with E-state index in [1.807, 2.05) is 0 Å². The summed E-state index contributed by atoms with van der Waals surface area (Å²) in [6.45, 7) is 5.65. The molecule has 2 heteroatoms. The average molecular weight is 232 g/mol. The maximum absolute atomic E-state index is 6.36. The van der Waals surface area contributed by atoms with Gasteiger partial charge in [0.05, 0.1) is 0 Å². The van der Waals surface area contributed by atoms with E-state index >= 15 is 0 Å². The highest BCUT2D eigenvalue weighted by molar-refractivity contribution is 5.45.